The van der Waals surface area contributed by atoms with Crippen LogP contribution >= 0.6 is 0 Å². The van der Waals surface area contributed by atoms with Gasteiger partial charge in [0.1, 0.15) is 0 Å². The Balaban J connectivity index is 1.78. The summed E-state index contributed by atoms with van der Waals surface area (Å²) in [6.45, 7) is 4.59. The zero-order chi connectivity index (χ0) is 15.8. The second-order valence-electron chi connectivity index (χ2n) is 6.27. The van der Waals surface area contributed by atoms with Gasteiger partial charge in [0.05, 0.1) is 6.54 Å². The third-order valence-corrected chi connectivity index (χ3v) is 4.29. The van der Waals surface area contributed by atoms with Gasteiger partial charge in [-0.05, 0) is 55.8 Å². The van der Waals surface area contributed by atoms with E-state index >= 15 is 0 Å². The Bertz CT molecular complexity index is 459. The second kappa shape index (κ2) is 8.91. The number of aliphatic hydroxyl groups excluding tert-OH is 1. The lowest BCUT2D eigenvalue weighted by Crippen LogP contribution is -2.41. The molecule has 1 amide bonds. The summed E-state index contributed by atoms with van der Waals surface area (Å²) in [5, 5.41) is 12.2. The van der Waals surface area contributed by atoms with Crippen LogP contribution in [0.1, 0.15) is 38.2 Å². The molecule has 4 heteroatoms. The number of aryl methyl sites for hydroxylation is 1. The van der Waals surface area contributed by atoms with Gasteiger partial charge in [-0.3, -0.25) is 9.69 Å². The lowest BCUT2D eigenvalue weighted by molar-refractivity contribution is -0.117. The molecule has 22 heavy (non-hydrogen) atoms. The van der Waals surface area contributed by atoms with Crippen LogP contribution in [-0.2, 0) is 11.2 Å². The number of anilines is 1. The van der Waals surface area contributed by atoms with E-state index in [0.29, 0.717) is 12.5 Å². The quantitative estimate of drug-likeness (QED) is 0.814. The zero-order valence-corrected chi connectivity index (χ0v) is 13.6. The van der Waals surface area contributed by atoms with Crippen LogP contribution in [0.5, 0.6) is 0 Å². The topological polar surface area (TPSA) is 52.6 Å². The first-order valence-electron chi connectivity index (χ1n) is 8.43. The number of aliphatic hydroxyl groups is 1. The summed E-state index contributed by atoms with van der Waals surface area (Å²) in [5.74, 6) is 0.347. The van der Waals surface area contributed by atoms with Crippen LogP contribution in [0.15, 0.2) is 24.3 Å². The van der Waals surface area contributed by atoms with E-state index in [-0.39, 0.29) is 12.5 Å². The molecule has 2 N–H and O–H groups in total. The van der Waals surface area contributed by atoms with Crippen molar-refractivity contribution in [2.24, 2.45) is 5.92 Å². The Hall–Kier alpha value is -1.39. The first-order valence-corrected chi connectivity index (χ1v) is 8.43. The molecule has 1 aromatic carbocycles. The number of piperidine rings is 1. The van der Waals surface area contributed by atoms with Gasteiger partial charge in [-0.2, -0.15) is 0 Å². The fourth-order valence-electron chi connectivity index (χ4n) is 2.98. The predicted molar refractivity (Wildman–Crippen MR) is 89.9 cm³/mol. The number of hydrogen-bond acceptors (Lipinski definition) is 3. The van der Waals surface area contributed by atoms with Gasteiger partial charge in [-0.1, -0.05) is 25.5 Å². The molecular formula is C18H28N2O2. The number of carbonyl (C=O) groups is 1. The second-order valence-corrected chi connectivity index (χ2v) is 6.27. The van der Waals surface area contributed by atoms with E-state index in [1.165, 1.54) is 18.4 Å². The first-order chi connectivity index (χ1) is 10.7. The van der Waals surface area contributed by atoms with Crippen LogP contribution in [0, 0.1) is 5.92 Å². The fraction of sp³-hybridized carbons (Fsp3) is 0.611. The summed E-state index contributed by atoms with van der Waals surface area (Å²) in [4.78, 5) is 14.3. The Morgan fingerprint density at radius 1 is 1.36 bits per heavy atom. The molecule has 0 aliphatic carbocycles. The molecule has 4 nitrogen and oxygen atoms in total. The molecule has 2 rings (SSSR count). The standard InChI is InChI=1S/C18H28N2O2/c1-2-3-5-15-7-9-17(10-8-15)19-18(22)13-20-11-4-6-16(12-20)14-21/h7-10,16,21H,2-6,11-14H2,1H3,(H,19,22). The maximum absolute atomic E-state index is 12.1. The van der Waals surface area contributed by atoms with E-state index < -0.39 is 0 Å². The van der Waals surface area contributed by atoms with Crippen LogP contribution in [-0.4, -0.2) is 42.2 Å². The molecule has 1 aliphatic heterocycles. The average molecular weight is 304 g/mol. The number of nitrogens with one attached hydrogen (secondary N) is 1. The smallest absolute Gasteiger partial charge is 0.238 e. The summed E-state index contributed by atoms with van der Waals surface area (Å²) in [5.41, 5.74) is 2.18. The van der Waals surface area contributed by atoms with Crippen molar-refractivity contribution >= 4 is 11.6 Å². The van der Waals surface area contributed by atoms with Crippen LogP contribution in [0.25, 0.3) is 0 Å². The molecule has 0 aromatic heterocycles. The average Bonchev–Trinajstić information content (AvgIpc) is 2.54. The number of unbranched alkanes of at least 4 members (excludes halogenated alkanes) is 1. The predicted octanol–water partition coefficient (Wildman–Crippen LogP) is 2.67. The van der Waals surface area contributed by atoms with E-state index in [9.17, 15) is 9.90 Å². The number of benzene rings is 1. The Morgan fingerprint density at radius 3 is 2.82 bits per heavy atom. The lowest BCUT2D eigenvalue weighted by Gasteiger charge is -2.31. The van der Waals surface area contributed by atoms with Gasteiger partial charge in [0.25, 0.3) is 0 Å². The molecule has 1 saturated heterocycles. The highest BCUT2D eigenvalue weighted by atomic mass is 16.3. The number of likely N-dealkylation sites (tertiary alicyclic amines) is 1. The van der Waals surface area contributed by atoms with E-state index in [2.05, 4.69) is 29.3 Å². The Kier molecular flexibility index (Phi) is 6.87. The molecule has 1 fully saturated rings. The molecule has 0 saturated carbocycles. The van der Waals surface area contributed by atoms with Crippen LogP contribution in [0.3, 0.4) is 0 Å². The lowest BCUT2D eigenvalue weighted by atomic mass is 9.99. The van der Waals surface area contributed by atoms with Crippen molar-refractivity contribution in [3.8, 4) is 0 Å². The zero-order valence-electron chi connectivity index (χ0n) is 13.6. The van der Waals surface area contributed by atoms with Gasteiger partial charge in [0.15, 0.2) is 0 Å². The van der Waals surface area contributed by atoms with E-state index in [0.717, 1.165) is 38.0 Å². The van der Waals surface area contributed by atoms with Gasteiger partial charge in [0, 0.05) is 18.8 Å². The number of rotatable bonds is 7. The number of carbonyl (C=O) groups excluding carboxylic acids is 1. The summed E-state index contributed by atoms with van der Waals surface area (Å²) < 4.78 is 0. The molecule has 1 aliphatic rings. The molecule has 1 atom stereocenters. The van der Waals surface area contributed by atoms with Gasteiger partial charge in [-0.25, -0.2) is 0 Å². The van der Waals surface area contributed by atoms with Gasteiger partial charge >= 0.3 is 0 Å². The molecule has 1 unspecified atom stereocenters. The third-order valence-electron chi connectivity index (χ3n) is 4.29. The number of hydrogen-bond donors (Lipinski definition) is 2. The highest BCUT2D eigenvalue weighted by molar-refractivity contribution is 5.92. The fourth-order valence-corrected chi connectivity index (χ4v) is 2.98. The monoisotopic (exact) mass is 304 g/mol. The van der Waals surface area contributed by atoms with Crippen molar-refractivity contribution in [3.05, 3.63) is 29.8 Å². The highest BCUT2D eigenvalue weighted by Crippen LogP contribution is 2.16. The summed E-state index contributed by atoms with van der Waals surface area (Å²) >= 11 is 0. The van der Waals surface area contributed by atoms with E-state index in [4.69, 9.17) is 0 Å². The molecule has 1 heterocycles. The molecular weight excluding hydrogens is 276 g/mol. The van der Waals surface area contributed by atoms with E-state index in [1.807, 2.05) is 12.1 Å². The highest BCUT2D eigenvalue weighted by Gasteiger charge is 2.20. The molecule has 0 spiro atoms. The normalized spacial score (nSPS) is 19.1. The van der Waals surface area contributed by atoms with Crippen molar-refractivity contribution in [1.82, 2.24) is 4.90 Å². The maximum Gasteiger partial charge on any atom is 0.238 e. The van der Waals surface area contributed by atoms with Gasteiger partial charge in [0.2, 0.25) is 5.91 Å². The van der Waals surface area contributed by atoms with Crippen molar-refractivity contribution in [2.75, 3.05) is 31.6 Å². The van der Waals surface area contributed by atoms with Crippen LogP contribution < -0.4 is 5.32 Å². The molecule has 0 radical (unpaired) electrons. The summed E-state index contributed by atoms with van der Waals surface area (Å²) in [6, 6.07) is 8.15. The molecule has 0 bridgehead atoms. The minimum atomic E-state index is 0.0277. The van der Waals surface area contributed by atoms with Crippen molar-refractivity contribution < 1.29 is 9.90 Å². The SMILES string of the molecule is CCCCc1ccc(NC(=O)CN2CCCC(CO)C2)cc1. The van der Waals surface area contributed by atoms with Crippen LogP contribution in [0.4, 0.5) is 5.69 Å². The Labute approximate surface area is 133 Å². The van der Waals surface area contributed by atoms with E-state index in [1.54, 1.807) is 0 Å². The Morgan fingerprint density at radius 2 is 2.14 bits per heavy atom. The third kappa shape index (κ3) is 5.43. The summed E-state index contributed by atoms with van der Waals surface area (Å²) in [6.07, 6.45) is 5.62. The number of nitrogens with zero attached hydrogens (tertiary/aromatic N) is 1. The first kappa shape index (κ1) is 17.0. The van der Waals surface area contributed by atoms with Crippen LogP contribution in [0.2, 0.25) is 0 Å². The largest absolute Gasteiger partial charge is 0.396 e. The minimum absolute atomic E-state index is 0.0277. The molecule has 122 valence electrons. The van der Waals surface area contributed by atoms with Gasteiger partial charge < -0.3 is 10.4 Å². The maximum atomic E-state index is 12.1. The van der Waals surface area contributed by atoms with Crippen molar-refractivity contribution in [1.29, 1.82) is 0 Å². The molecule has 1 aromatic rings. The van der Waals surface area contributed by atoms with Gasteiger partial charge in [-0.15, -0.1) is 0 Å². The van der Waals surface area contributed by atoms with Crippen molar-refractivity contribution in [3.63, 3.8) is 0 Å². The number of amides is 1. The summed E-state index contributed by atoms with van der Waals surface area (Å²) in [7, 11) is 0. The minimum Gasteiger partial charge on any atom is -0.396 e. The van der Waals surface area contributed by atoms with Crippen molar-refractivity contribution in [2.45, 2.75) is 39.0 Å².